The molecule has 1 amide bonds. The summed E-state index contributed by atoms with van der Waals surface area (Å²) in [6.07, 6.45) is 6.47. The second-order valence-corrected chi connectivity index (χ2v) is 7.20. The highest BCUT2D eigenvalue weighted by Crippen LogP contribution is 2.45. The average Bonchev–Trinajstić information content (AvgIpc) is 2.75. The van der Waals surface area contributed by atoms with Crippen LogP contribution in [-0.2, 0) is 4.79 Å². The maximum Gasteiger partial charge on any atom is 0.213 e. The van der Waals surface area contributed by atoms with Gasteiger partial charge in [-0.25, -0.2) is 9.98 Å². The normalized spacial score (nSPS) is 15.5. The number of aromatic nitrogens is 1. The van der Waals surface area contributed by atoms with Crippen molar-refractivity contribution in [3.05, 3.63) is 60.2 Å². The molecule has 3 N–H and O–H groups in total. The molecular formula is C23H24N4O. The van der Waals surface area contributed by atoms with Crippen LogP contribution < -0.4 is 11.1 Å². The summed E-state index contributed by atoms with van der Waals surface area (Å²) in [5.74, 6) is 0.478. The number of guanidine groups is 1. The second kappa shape index (κ2) is 8.21. The molecule has 0 bridgehead atoms. The molecule has 2 aromatic carbocycles. The van der Waals surface area contributed by atoms with Crippen LogP contribution in [-0.4, -0.2) is 17.4 Å². The Labute approximate surface area is 164 Å². The fourth-order valence-electron chi connectivity index (χ4n) is 4.14. The number of nitrogens with two attached hydrogens (primary N) is 1. The largest absolute Gasteiger partial charge is 0.369 e. The van der Waals surface area contributed by atoms with Gasteiger partial charge in [-0.1, -0.05) is 67.8 Å². The zero-order chi connectivity index (χ0) is 19.3. The lowest BCUT2D eigenvalue weighted by molar-refractivity contribution is -0.108. The molecular weight excluding hydrogens is 348 g/mol. The van der Waals surface area contributed by atoms with Crippen molar-refractivity contribution in [2.45, 2.75) is 38.0 Å². The fraction of sp³-hybridized carbons (Fsp3) is 0.261. The van der Waals surface area contributed by atoms with Gasteiger partial charge in [-0.3, -0.25) is 10.1 Å². The lowest BCUT2D eigenvalue weighted by atomic mass is 9.81. The van der Waals surface area contributed by atoms with E-state index in [4.69, 9.17) is 10.7 Å². The number of hydrogen-bond acceptors (Lipinski definition) is 3. The van der Waals surface area contributed by atoms with Gasteiger partial charge in [-0.05, 0) is 24.8 Å². The van der Waals surface area contributed by atoms with E-state index in [1.54, 1.807) is 0 Å². The molecule has 1 fully saturated rings. The number of benzene rings is 2. The van der Waals surface area contributed by atoms with Gasteiger partial charge in [0.05, 0.1) is 16.9 Å². The lowest BCUT2D eigenvalue weighted by Crippen LogP contribution is -2.29. The van der Waals surface area contributed by atoms with Gasteiger partial charge in [0.25, 0.3) is 0 Å². The minimum absolute atomic E-state index is 0.0995. The number of hydrogen-bond donors (Lipinski definition) is 2. The fourth-order valence-corrected chi connectivity index (χ4v) is 4.14. The number of carbonyl (C=O) groups is 1. The number of rotatable bonds is 4. The van der Waals surface area contributed by atoms with Crippen LogP contribution in [0.3, 0.4) is 0 Å². The number of nitrogens with zero attached hydrogens (tertiary/aromatic N) is 2. The standard InChI is InChI=1S/C23H24N4O/c24-23(25-15-28)27-22-18-13-7-8-14-19(18)26-21(17-11-5-2-6-12-17)20(22)16-9-3-1-4-10-16/h2,5-8,11-16H,1,3-4,9-10H2,(H3,24,25,26,27,28). The van der Waals surface area contributed by atoms with E-state index >= 15 is 0 Å². The monoisotopic (exact) mass is 372 g/mol. The summed E-state index contributed by atoms with van der Waals surface area (Å²) in [6.45, 7) is 0. The van der Waals surface area contributed by atoms with Crippen molar-refractivity contribution < 1.29 is 4.79 Å². The first-order chi connectivity index (χ1) is 13.8. The van der Waals surface area contributed by atoms with Crippen LogP contribution >= 0.6 is 0 Å². The molecule has 3 aromatic rings. The van der Waals surface area contributed by atoms with E-state index < -0.39 is 0 Å². The van der Waals surface area contributed by atoms with Crippen LogP contribution in [0.25, 0.3) is 22.2 Å². The van der Waals surface area contributed by atoms with Gasteiger partial charge in [-0.2, -0.15) is 0 Å². The van der Waals surface area contributed by atoms with E-state index in [0.717, 1.165) is 46.3 Å². The molecule has 142 valence electrons. The number of carbonyl (C=O) groups excluding carboxylic acids is 1. The van der Waals surface area contributed by atoms with E-state index in [1.807, 2.05) is 42.5 Å². The lowest BCUT2D eigenvalue weighted by Gasteiger charge is -2.26. The Morgan fingerprint density at radius 1 is 1.04 bits per heavy atom. The van der Waals surface area contributed by atoms with Crippen molar-refractivity contribution in [3.8, 4) is 11.3 Å². The first kappa shape index (κ1) is 18.2. The first-order valence-electron chi connectivity index (χ1n) is 9.80. The van der Waals surface area contributed by atoms with Gasteiger partial charge >= 0.3 is 0 Å². The number of pyridine rings is 1. The Balaban J connectivity index is 2.03. The van der Waals surface area contributed by atoms with Crippen LogP contribution in [0.5, 0.6) is 0 Å². The topological polar surface area (TPSA) is 80.4 Å². The first-order valence-corrected chi connectivity index (χ1v) is 9.80. The molecule has 1 heterocycles. The Morgan fingerprint density at radius 2 is 1.75 bits per heavy atom. The number of para-hydroxylation sites is 1. The van der Waals surface area contributed by atoms with Crippen molar-refractivity contribution in [2.24, 2.45) is 10.7 Å². The summed E-state index contributed by atoms with van der Waals surface area (Å²) < 4.78 is 0. The van der Waals surface area contributed by atoms with Crippen LogP contribution in [0.1, 0.15) is 43.6 Å². The molecule has 4 rings (SSSR count). The molecule has 0 radical (unpaired) electrons. The Bertz CT molecular complexity index is 1010. The maximum absolute atomic E-state index is 10.9. The van der Waals surface area contributed by atoms with Gasteiger partial charge in [0.1, 0.15) is 0 Å². The van der Waals surface area contributed by atoms with E-state index in [9.17, 15) is 4.79 Å². The molecule has 0 saturated heterocycles. The third-order valence-corrected chi connectivity index (χ3v) is 5.40. The second-order valence-electron chi connectivity index (χ2n) is 7.20. The van der Waals surface area contributed by atoms with Gasteiger partial charge in [-0.15, -0.1) is 0 Å². The van der Waals surface area contributed by atoms with E-state index in [1.165, 1.54) is 19.3 Å². The molecule has 1 saturated carbocycles. The average molecular weight is 372 g/mol. The third kappa shape index (κ3) is 3.60. The van der Waals surface area contributed by atoms with E-state index in [2.05, 4.69) is 22.4 Å². The SMILES string of the molecule is NC(=Nc1c(C2CCCCC2)c(-c2ccccc2)nc2ccccc12)NC=O. The predicted molar refractivity (Wildman–Crippen MR) is 113 cm³/mol. The zero-order valence-electron chi connectivity index (χ0n) is 15.8. The summed E-state index contributed by atoms with van der Waals surface area (Å²) in [7, 11) is 0. The highest BCUT2D eigenvalue weighted by Gasteiger charge is 2.25. The molecule has 0 spiro atoms. The molecule has 5 nitrogen and oxygen atoms in total. The number of nitrogens with one attached hydrogen (secondary N) is 1. The van der Waals surface area contributed by atoms with Gasteiger partial charge in [0.2, 0.25) is 6.41 Å². The summed E-state index contributed by atoms with van der Waals surface area (Å²) in [5.41, 5.74) is 10.9. The van der Waals surface area contributed by atoms with E-state index in [0.29, 0.717) is 12.3 Å². The summed E-state index contributed by atoms with van der Waals surface area (Å²) in [4.78, 5) is 20.5. The molecule has 0 unspecified atom stereocenters. The van der Waals surface area contributed by atoms with Crippen molar-refractivity contribution >= 4 is 29.0 Å². The molecule has 0 atom stereocenters. The Hall–Kier alpha value is -3.21. The highest BCUT2D eigenvalue weighted by molar-refractivity contribution is 5.99. The molecule has 1 aliphatic carbocycles. The van der Waals surface area contributed by atoms with Gasteiger partial charge in [0.15, 0.2) is 5.96 Å². The molecule has 1 aliphatic rings. The quantitative estimate of drug-likeness (QED) is 0.398. The predicted octanol–water partition coefficient (Wildman–Crippen LogP) is 4.64. The van der Waals surface area contributed by atoms with Crippen LogP contribution in [0.15, 0.2) is 59.6 Å². The number of aliphatic imine (C=N–C) groups is 1. The van der Waals surface area contributed by atoms with Crippen molar-refractivity contribution in [3.63, 3.8) is 0 Å². The van der Waals surface area contributed by atoms with Crippen LogP contribution in [0, 0.1) is 0 Å². The van der Waals surface area contributed by atoms with Crippen molar-refractivity contribution in [1.82, 2.24) is 10.3 Å². The van der Waals surface area contributed by atoms with Crippen LogP contribution in [0.4, 0.5) is 5.69 Å². The van der Waals surface area contributed by atoms with E-state index in [-0.39, 0.29) is 5.96 Å². The van der Waals surface area contributed by atoms with Gasteiger partial charge < -0.3 is 5.73 Å². The number of fused-ring (bicyclic) bond motifs is 1. The Morgan fingerprint density at radius 3 is 2.50 bits per heavy atom. The van der Waals surface area contributed by atoms with Gasteiger partial charge in [0, 0.05) is 16.5 Å². The van der Waals surface area contributed by atoms with Crippen molar-refractivity contribution in [1.29, 1.82) is 0 Å². The summed E-state index contributed by atoms with van der Waals surface area (Å²) >= 11 is 0. The number of amides is 1. The third-order valence-electron chi connectivity index (χ3n) is 5.40. The Kier molecular flexibility index (Phi) is 5.33. The highest BCUT2D eigenvalue weighted by atomic mass is 16.1. The van der Waals surface area contributed by atoms with Crippen molar-refractivity contribution in [2.75, 3.05) is 0 Å². The smallest absolute Gasteiger partial charge is 0.213 e. The molecule has 5 heteroatoms. The maximum atomic E-state index is 10.9. The zero-order valence-corrected chi connectivity index (χ0v) is 15.8. The molecule has 0 aliphatic heterocycles. The minimum Gasteiger partial charge on any atom is -0.369 e. The molecule has 1 aromatic heterocycles. The van der Waals surface area contributed by atoms with Crippen LogP contribution in [0.2, 0.25) is 0 Å². The minimum atomic E-state index is 0.0995. The molecule has 28 heavy (non-hydrogen) atoms. The summed E-state index contributed by atoms with van der Waals surface area (Å²) in [5, 5.41) is 3.43. The summed E-state index contributed by atoms with van der Waals surface area (Å²) in [6, 6.07) is 18.2.